The molecule has 0 aliphatic carbocycles. The number of aliphatic carboxylic acids is 1. The van der Waals surface area contributed by atoms with Crippen molar-refractivity contribution in [2.24, 2.45) is 0 Å². The monoisotopic (exact) mass is 278 g/mol. The van der Waals surface area contributed by atoms with Gasteiger partial charge in [-0.1, -0.05) is 29.8 Å². The number of hydrogen-bond donors (Lipinski definition) is 2. The Morgan fingerprint density at radius 1 is 1.37 bits per heavy atom. The minimum atomic E-state index is -1.10. The lowest BCUT2D eigenvalue weighted by atomic mass is 10.1. The fourth-order valence-electron chi connectivity index (χ4n) is 1.67. The number of aromatic nitrogens is 1. The topological polar surface area (TPSA) is 79.3 Å². The summed E-state index contributed by atoms with van der Waals surface area (Å²) in [5.41, 5.74) is 0.895. The highest BCUT2D eigenvalue weighted by atomic mass is 35.5. The molecule has 19 heavy (non-hydrogen) atoms. The zero-order valence-electron chi connectivity index (χ0n) is 10.1. The molecule has 0 spiro atoms. The number of pyridine rings is 1. The standard InChI is InChI=1S/C13H11ClN2O3/c1-7(13(18)19)15-12(17)9-6-11(14)16-10-5-3-2-4-8(9)10/h2-7H,1H3,(H,15,17)(H,18,19). The summed E-state index contributed by atoms with van der Waals surface area (Å²) in [6.45, 7) is 1.39. The van der Waals surface area contributed by atoms with Crippen molar-refractivity contribution in [3.8, 4) is 0 Å². The number of carbonyl (C=O) groups excluding carboxylic acids is 1. The molecule has 1 aromatic carbocycles. The van der Waals surface area contributed by atoms with E-state index < -0.39 is 17.9 Å². The van der Waals surface area contributed by atoms with E-state index in [1.54, 1.807) is 24.3 Å². The highest BCUT2D eigenvalue weighted by Crippen LogP contribution is 2.20. The van der Waals surface area contributed by atoms with Crippen molar-refractivity contribution in [3.05, 3.63) is 41.0 Å². The van der Waals surface area contributed by atoms with Gasteiger partial charge in [0.1, 0.15) is 11.2 Å². The van der Waals surface area contributed by atoms with E-state index in [4.69, 9.17) is 16.7 Å². The SMILES string of the molecule is CC(NC(=O)c1cc(Cl)nc2ccccc12)C(=O)O. The normalized spacial score (nSPS) is 12.1. The van der Waals surface area contributed by atoms with Crippen LogP contribution in [0.5, 0.6) is 0 Å². The molecule has 2 N–H and O–H groups in total. The van der Waals surface area contributed by atoms with E-state index in [0.29, 0.717) is 16.5 Å². The summed E-state index contributed by atoms with van der Waals surface area (Å²) in [4.78, 5) is 26.9. The summed E-state index contributed by atoms with van der Waals surface area (Å²) in [7, 11) is 0. The van der Waals surface area contributed by atoms with Gasteiger partial charge in [0.25, 0.3) is 5.91 Å². The minimum Gasteiger partial charge on any atom is -0.480 e. The summed E-state index contributed by atoms with van der Waals surface area (Å²) in [6, 6.07) is 7.48. The van der Waals surface area contributed by atoms with Crippen LogP contribution in [0.2, 0.25) is 5.15 Å². The number of carboxylic acid groups (broad SMARTS) is 1. The molecule has 0 radical (unpaired) electrons. The van der Waals surface area contributed by atoms with E-state index in [2.05, 4.69) is 10.3 Å². The quantitative estimate of drug-likeness (QED) is 0.843. The number of carbonyl (C=O) groups is 2. The Morgan fingerprint density at radius 3 is 2.74 bits per heavy atom. The smallest absolute Gasteiger partial charge is 0.325 e. The van der Waals surface area contributed by atoms with Crippen LogP contribution in [0.15, 0.2) is 30.3 Å². The summed E-state index contributed by atoms with van der Waals surface area (Å²) in [6.07, 6.45) is 0. The van der Waals surface area contributed by atoms with E-state index in [0.717, 1.165) is 0 Å². The first-order valence-electron chi connectivity index (χ1n) is 5.58. The fraction of sp³-hybridized carbons (Fsp3) is 0.154. The second kappa shape index (κ2) is 5.24. The number of fused-ring (bicyclic) bond motifs is 1. The number of amides is 1. The van der Waals surface area contributed by atoms with Crippen molar-refractivity contribution in [1.29, 1.82) is 0 Å². The molecule has 6 heteroatoms. The molecule has 5 nitrogen and oxygen atoms in total. The second-order valence-corrected chi connectivity index (χ2v) is 4.43. The Morgan fingerprint density at radius 2 is 2.05 bits per heavy atom. The van der Waals surface area contributed by atoms with Crippen LogP contribution in [0.1, 0.15) is 17.3 Å². The van der Waals surface area contributed by atoms with Gasteiger partial charge in [-0.2, -0.15) is 0 Å². The van der Waals surface area contributed by atoms with Crippen molar-refractivity contribution < 1.29 is 14.7 Å². The van der Waals surface area contributed by atoms with E-state index >= 15 is 0 Å². The molecule has 2 aromatic rings. The maximum Gasteiger partial charge on any atom is 0.325 e. The Hall–Kier alpha value is -2.14. The van der Waals surface area contributed by atoms with Gasteiger partial charge in [-0.3, -0.25) is 9.59 Å². The van der Waals surface area contributed by atoms with Crippen LogP contribution in [-0.4, -0.2) is 28.0 Å². The molecule has 98 valence electrons. The summed E-state index contributed by atoms with van der Waals surface area (Å²) in [5, 5.41) is 12.0. The maximum atomic E-state index is 12.1. The molecule has 2 rings (SSSR count). The van der Waals surface area contributed by atoms with Crippen molar-refractivity contribution >= 4 is 34.4 Å². The van der Waals surface area contributed by atoms with Crippen LogP contribution in [-0.2, 0) is 4.79 Å². The predicted molar refractivity (Wildman–Crippen MR) is 71.3 cm³/mol. The van der Waals surface area contributed by atoms with Gasteiger partial charge >= 0.3 is 5.97 Å². The average Bonchev–Trinajstić information content (AvgIpc) is 2.37. The van der Waals surface area contributed by atoms with Crippen LogP contribution in [0.25, 0.3) is 10.9 Å². The highest BCUT2D eigenvalue weighted by Gasteiger charge is 2.17. The van der Waals surface area contributed by atoms with Gasteiger partial charge < -0.3 is 10.4 Å². The summed E-state index contributed by atoms with van der Waals surface area (Å²) in [5.74, 6) is -1.59. The number of nitrogens with one attached hydrogen (secondary N) is 1. The number of carboxylic acids is 1. The molecule has 0 saturated heterocycles. The van der Waals surface area contributed by atoms with Gasteiger partial charge in [0.2, 0.25) is 0 Å². The lowest BCUT2D eigenvalue weighted by Gasteiger charge is -2.11. The van der Waals surface area contributed by atoms with Gasteiger partial charge in [-0.15, -0.1) is 0 Å². The maximum absolute atomic E-state index is 12.1. The molecule has 1 unspecified atom stereocenters. The average molecular weight is 279 g/mol. The molecule has 1 heterocycles. The first-order valence-corrected chi connectivity index (χ1v) is 5.96. The van der Waals surface area contributed by atoms with Crippen molar-refractivity contribution in [2.75, 3.05) is 0 Å². The summed E-state index contributed by atoms with van der Waals surface area (Å²) >= 11 is 5.86. The largest absolute Gasteiger partial charge is 0.480 e. The minimum absolute atomic E-state index is 0.187. The molecule has 1 amide bonds. The number of rotatable bonds is 3. The Labute approximate surface area is 114 Å². The molecule has 0 aliphatic heterocycles. The number of nitrogens with zero attached hydrogens (tertiary/aromatic N) is 1. The zero-order valence-corrected chi connectivity index (χ0v) is 10.8. The molecular weight excluding hydrogens is 268 g/mol. The lowest BCUT2D eigenvalue weighted by molar-refractivity contribution is -0.138. The second-order valence-electron chi connectivity index (χ2n) is 4.04. The molecule has 0 fully saturated rings. The van der Waals surface area contributed by atoms with Gasteiger partial charge in [-0.25, -0.2) is 4.98 Å². The zero-order chi connectivity index (χ0) is 14.0. The van der Waals surface area contributed by atoms with E-state index in [1.165, 1.54) is 13.0 Å². The first-order chi connectivity index (χ1) is 8.99. The Balaban J connectivity index is 2.44. The number of halogens is 1. The third kappa shape index (κ3) is 2.82. The van der Waals surface area contributed by atoms with Gasteiger partial charge in [0, 0.05) is 5.39 Å². The number of benzene rings is 1. The van der Waals surface area contributed by atoms with Crippen LogP contribution in [0.4, 0.5) is 0 Å². The van der Waals surface area contributed by atoms with Crippen LogP contribution >= 0.6 is 11.6 Å². The third-order valence-corrected chi connectivity index (χ3v) is 2.84. The summed E-state index contributed by atoms with van der Waals surface area (Å²) < 4.78 is 0. The van der Waals surface area contributed by atoms with Crippen molar-refractivity contribution in [2.45, 2.75) is 13.0 Å². The van der Waals surface area contributed by atoms with E-state index in [9.17, 15) is 9.59 Å². The first kappa shape index (κ1) is 13.3. The lowest BCUT2D eigenvalue weighted by Crippen LogP contribution is -2.38. The van der Waals surface area contributed by atoms with Gasteiger partial charge in [0.05, 0.1) is 11.1 Å². The molecule has 1 aromatic heterocycles. The molecule has 0 aliphatic rings. The van der Waals surface area contributed by atoms with Crippen molar-refractivity contribution in [3.63, 3.8) is 0 Å². The number of hydrogen-bond acceptors (Lipinski definition) is 3. The fourth-order valence-corrected chi connectivity index (χ4v) is 1.87. The Kier molecular flexibility index (Phi) is 3.66. The molecular formula is C13H11ClN2O3. The highest BCUT2D eigenvalue weighted by molar-refractivity contribution is 6.30. The van der Waals surface area contributed by atoms with E-state index in [-0.39, 0.29) is 5.15 Å². The van der Waals surface area contributed by atoms with Crippen LogP contribution in [0.3, 0.4) is 0 Å². The van der Waals surface area contributed by atoms with Gasteiger partial charge in [0.15, 0.2) is 0 Å². The molecule has 0 bridgehead atoms. The molecule has 0 saturated carbocycles. The third-order valence-electron chi connectivity index (χ3n) is 2.65. The van der Waals surface area contributed by atoms with Crippen LogP contribution in [0, 0.1) is 0 Å². The van der Waals surface area contributed by atoms with Crippen molar-refractivity contribution in [1.82, 2.24) is 10.3 Å². The van der Waals surface area contributed by atoms with Gasteiger partial charge in [-0.05, 0) is 19.1 Å². The van der Waals surface area contributed by atoms with Crippen LogP contribution < -0.4 is 5.32 Å². The predicted octanol–water partition coefficient (Wildman–Crippen LogP) is 2.09. The number of para-hydroxylation sites is 1. The molecule has 1 atom stereocenters. The van der Waals surface area contributed by atoms with E-state index in [1.807, 2.05) is 0 Å². The Bertz CT molecular complexity index is 657.